The average Bonchev–Trinajstić information content (AvgIpc) is 2.88. The number of benzene rings is 4. The molecule has 13 heteroatoms. The van der Waals surface area contributed by atoms with Crippen molar-refractivity contribution in [1.82, 2.24) is 0 Å². The van der Waals surface area contributed by atoms with Crippen LogP contribution in [0.15, 0.2) is 75.8 Å². The first-order chi connectivity index (χ1) is 18.5. The van der Waals surface area contributed by atoms with Gasteiger partial charge in [-0.25, -0.2) is 0 Å². The number of fused-ring (bicyclic) bond motifs is 1. The van der Waals surface area contributed by atoms with E-state index in [1.165, 1.54) is 24.3 Å². The Morgan fingerprint density at radius 2 is 1.77 bits per heavy atom. The largest absolute Gasteiger partial charge is 1.00 e. The number of nitrogens with one attached hydrogen (secondary N) is 1. The number of rotatable bonds is 8. The van der Waals surface area contributed by atoms with Crippen LogP contribution in [0.1, 0.15) is 29.8 Å². The summed E-state index contributed by atoms with van der Waals surface area (Å²) in [6, 6.07) is 15.4. The molecule has 202 valence electrons. The third-order valence-corrected chi connectivity index (χ3v) is 7.23. The van der Waals surface area contributed by atoms with E-state index in [1.54, 1.807) is 50.2 Å². The summed E-state index contributed by atoms with van der Waals surface area (Å²) in [5.74, 6) is -1.07. The molecule has 40 heavy (non-hydrogen) atoms. The summed E-state index contributed by atoms with van der Waals surface area (Å²) in [4.78, 5) is 12.7. The molecule has 4 rings (SSSR count). The Kier molecular flexibility index (Phi) is 10.6. The minimum atomic E-state index is -4.69. The van der Waals surface area contributed by atoms with Crippen molar-refractivity contribution >= 4 is 67.1 Å². The predicted molar refractivity (Wildman–Crippen MR) is 149 cm³/mol. The molecule has 0 unspecified atom stereocenters. The van der Waals surface area contributed by atoms with Crippen molar-refractivity contribution in [2.45, 2.75) is 25.2 Å². The van der Waals surface area contributed by atoms with Gasteiger partial charge in [-0.15, -0.1) is 5.11 Å². The van der Waals surface area contributed by atoms with Crippen molar-refractivity contribution in [3.63, 3.8) is 0 Å². The molecule has 0 aromatic heterocycles. The Balaban J connectivity index is 0.00000441. The summed E-state index contributed by atoms with van der Waals surface area (Å²) < 4.78 is 39.5. The van der Waals surface area contributed by atoms with Gasteiger partial charge in [-0.05, 0) is 54.6 Å². The summed E-state index contributed by atoms with van der Waals surface area (Å²) in [5, 5.41) is 25.6. The molecule has 0 saturated carbocycles. The van der Waals surface area contributed by atoms with Crippen LogP contribution in [0, 0.1) is 0 Å². The van der Waals surface area contributed by atoms with Gasteiger partial charge in [-0.2, -0.15) is 13.5 Å². The number of halogens is 2. The zero-order valence-corrected chi connectivity index (χ0v) is 26.1. The van der Waals surface area contributed by atoms with E-state index in [-0.39, 0.29) is 63.5 Å². The van der Waals surface area contributed by atoms with E-state index in [0.717, 1.165) is 0 Å². The second-order valence-corrected chi connectivity index (χ2v) is 10.5. The maximum absolute atomic E-state index is 13.5. The molecule has 0 radical (unpaired) electrons. The predicted octanol–water partition coefficient (Wildman–Crippen LogP) is 4.10. The van der Waals surface area contributed by atoms with Crippen LogP contribution >= 0.6 is 23.2 Å². The van der Waals surface area contributed by atoms with Crippen LogP contribution in [0.2, 0.25) is 10.0 Å². The van der Waals surface area contributed by atoms with Gasteiger partial charge in [-0.3, -0.25) is 9.35 Å². The number of aryl methyl sites for hydroxylation is 1. The van der Waals surface area contributed by atoms with Crippen LogP contribution in [-0.4, -0.2) is 25.5 Å². The van der Waals surface area contributed by atoms with Gasteiger partial charge in [0.15, 0.2) is 0 Å². The molecule has 0 saturated heterocycles. The molecule has 0 heterocycles. The summed E-state index contributed by atoms with van der Waals surface area (Å²) >= 11 is 12.3. The SMILES string of the molecule is CCOc1cc(NC(=O)c2cc3ccccc3c(N=Nc3cc(Cl)cc(CC)c3S(=O)(=O)O)c2[O-])ccc1Cl.[Na+]. The quantitative estimate of drug-likeness (QED) is 0.175. The number of nitrogens with zero attached hydrogens (tertiary/aromatic N) is 2. The molecule has 4 aromatic rings. The van der Waals surface area contributed by atoms with Gasteiger partial charge in [0.05, 0.1) is 17.3 Å². The molecule has 2 N–H and O–H groups in total. The van der Waals surface area contributed by atoms with Gasteiger partial charge in [0.2, 0.25) is 0 Å². The average molecular weight is 610 g/mol. The fraction of sp³-hybridized carbons (Fsp3) is 0.148. The molecule has 0 aliphatic rings. The normalized spacial score (nSPS) is 11.4. The van der Waals surface area contributed by atoms with E-state index in [9.17, 15) is 22.9 Å². The fourth-order valence-electron chi connectivity index (χ4n) is 4.00. The second kappa shape index (κ2) is 13.3. The summed E-state index contributed by atoms with van der Waals surface area (Å²) in [6.07, 6.45) is 0.235. The number of azo groups is 1. The van der Waals surface area contributed by atoms with E-state index in [1.807, 2.05) is 0 Å². The van der Waals surface area contributed by atoms with E-state index in [2.05, 4.69) is 15.5 Å². The molecule has 0 bridgehead atoms. The number of hydrogen-bond donors (Lipinski definition) is 2. The van der Waals surface area contributed by atoms with Crippen molar-refractivity contribution in [2.75, 3.05) is 11.9 Å². The number of carbonyl (C=O) groups excluding carboxylic acids is 1. The van der Waals surface area contributed by atoms with Gasteiger partial charge in [-0.1, -0.05) is 60.1 Å². The maximum atomic E-state index is 13.5. The first kappa shape index (κ1) is 31.8. The van der Waals surface area contributed by atoms with Gasteiger partial charge in [0.1, 0.15) is 16.3 Å². The summed E-state index contributed by atoms with van der Waals surface area (Å²) in [7, 11) is -4.69. The van der Waals surface area contributed by atoms with Crippen LogP contribution in [0.4, 0.5) is 17.1 Å². The molecule has 0 aliphatic carbocycles. The molecule has 0 aliphatic heterocycles. The van der Waals surface area contributed by atoms with Crippen molar-refractivity contribution in [1.29, 1.82) is 0 Å². The van der Waals surface area contributed by atoms with Gasteiger partial charge < -0.3 is 15.2 Å². The second-order valence-electron chi connectivity index (χ2n) is 8.30. The topological polar surface area (TPSA) is 140 Å². The maximum Gasteiger partial charge on any atom is 1.00 e. The molecular formula is C27H22Cl2N3NaO6S. The molecule has 0 fully saturated rings. The van der Waals surface area contributed by atoms with Crippen LogP contribution in [0.3, 0.4) is 0 Å². The molecule has 1 amide bonds. The van der Waals surface area contributed by atoms with E-state index < -0.39 is 26.7 Å². The number of ether oxygens (including phenoxy) is 1. The number of anilines is 1. The Bertz CT molecular complexity index is 1730. The fourth-order valence-corrected chi connectivity index (χ4v) is 5.30. The van der Waals surface area contributed by atoms with E-state index in [4.69, 9.17) is 27.9 Å². The first-order valence-corrected chi connectivity index (χ1v) is 13.9. The van der Waals surface area contributed by atoms with Crippen LogP contribution < -0.4 is 44.7 Å². The van der Waals surface area contributed by atoms with E-state index in [0.29, 0.717) is 33.8 Å². The Morgan fingerprint density at radius 1 is 1.05 bits per heavy atom. The minimum absolute atomic E-state index is 0. The molecular weight excluding hydrogens is 588 g/mol. The Hall–Kier alpha value is -2.70. The monoisotopic (exact) mass is 609 g/mol. The van der Waals surface area contributed by atoms with E-state index >= 15 is 0 Å². The third kappa shape index (κ3) is 6.95. The molecule has 9 nitrogen and oxygen atoms in total. The molecule has 4 aromatic carbocycles. The summed E-state index contributed by atoms with van der Waals surface area (Å²) in [6.45, 7) is 3.85. The number of hydrogen-bond acceptors (Lipinski definition) is 7. The standard InChI is InChI=1S/C27H23Cl2N3O6S.Na/c1-3-15-11-17(28)13-22(26(15)39(35,36)37)31-32-24-19-8-6-5-7-16(19)12-20(25(24)33)27(34)30-18-9-10-21(29)23(14-18)38-4-2;/h5-14,33H,3-4H2,1-2H3,(H,30,34)(H,35,36,37);/q;+1/p-1. The number of carbonyl (C=O) groups is 1. The molecule has 0 atom stereocenters. The Morgan fingerprint density at radius 3 is 2.45 bits per heavy atom. The van der Waals surface area contributed by atoms with Crippen LogP contribution in [0.5, 0.6) is 11.5 Å². The van der Waals surface area contributed by atoms with Crippen LogP contribution in [0.25, 0.3) is 10.8 Å². The third-order valence-electron chi connectivity index (χ3n) is 5.72. The van der Waals surface area contributed by atoms with Gasteiger partial charge in [0, 0.05) is 27.7 Å². The van der Waals surface area contributed by atoms with Crippen molar-refractivity contribution < 1.29 is 57.2 Å². The smallest absolute Gasteiger partial charge is 0.870 e. The van der Waals surface area contributed by atoms with Crippen molar-refractivity contribution in [3.05, 3.63) is 81.8 Å². The molecule has 0 spiro atoms. The minimum Gasteiger partial charge on any atom is -0.870 e. The van der Waals surface area contributed by atoms with Crippen molar-refractivity contribution in [3.8, 4) is 11.5 Å². The van der Waals surface area contributed by atoms with Gasteiger partial charge >= 0.3 is 29.6 Å². The van der Waals surface area contributed by atoms with Crippen molar-refractivity contribution in [2.24, 2.45) is 10.2 Å². The van der Waals surface area contributed by atoms with Crippen LogP contribution in [-0.2, 0) is 16.5 Å². The number of amides is 1. The zero-order valence-electron chi connectivity index (χ0n) is 21.7. The zero-order chi connectivity index (χ0) is 28.3. The summed E-state index contributed by atoms with van der Waals surface area (Å²) in [5.41, 5.74) is -0.0690. The Labute approximate surface area is 263 Å². The van der Waals surface area contributed by atoms with Gasteiger partial charge in [0.25, 0.3) is 16.0 Å². The first-order valence-electron chi connectivity index (χ1n) is 11.7.